The Labute approximate surface area is 103 Å². The second-order valence-corrected chi connectivity index (χ2v) is 3.69. The van der Waals surface area contributed by atoms with Crippen molar-refractivity contribution in [3.05, 3.63) is 47.4 Å². The SMILES string of the molecule is Nc1cccc(C(=O)Nc2cc(Cl)ncn2)c1. The first kappa shape index (κ1) is 11.3. The van der Waals surface area contributed by atoms with Gasteiger partial charge in [-0.3, -0.25) is 4.79 Å². The molecule has 86 valence electrons. The van der Waals surface area contributed by atoms with E-state index in [1.807, 2.05) is 0 Å². The van der Waals surface area contributed by atoms with Crippen LogP contribution in [0.3, 0.4) is 0 Å². The summed E-state index contributed by atoms with van der Waals surface area (Å²) >= 11 is 5.68. The minimum atomic E-state index is -0.299. The average Bonchev–Trinajstić information content (AvgIpc) is 2.29. The van der Waals surface area contributed by atoms with Crippen molar-refractivity contribution in [3.63, 3.8) is 0 Å². The number of nitrogens with two attached hydrogens (primary N) is 1. The van der Waals surface area contributed by atoms with Crippen LogP contribution >= 0.6 is 11.6 Å². The smallest absolute Gasteiger partial charge is 0.256 e. The molecule has 2 rings (SSSR count). The summed E-state index contributed by atoms with van der Waals surface area (Å²) in [6, 6.07) is 8.12. The topological polar surface area (TPSA) is 80.9 Å². The first-order valence-electron chi connectivity index (χ1n) is 4.79. The molecule has 0 aliphatic heterocycles. The minimum absolute atomic E-state index is 0.267. The standard InChI is InChI=1S/C11H9ClN4O/c12-9-5-10(15-6-14-9)16-11(17)7-2-1-3-8(13)4-7/h1-6H,13H2,(H,14,15,16,17). The molecule has 0 aliphatic rings. The maximum absolute atomic E-state index is 11.8. The Morgan fingerprint density at radius 1 is 1.29 bits per heavy atom. The molecule has 3 N–H and O–H groups in total. The quantitative estimate of drug-likeness (QED) is 0.629. The van der Waals surface area contributed by atoms with Crippen molar-refractivity contribution in [2.24, 2.45) is 0 Å². The first-order chi connectivity index (χ1) is 8.15. The van der Waals surface area contributed by atoms with Crippen LogP contribution in [0.1, 0.15) is 10.4 Å². The van der Waals surface area contributed by atoms with E-state index in [1.165, 1.54) is 12.4 Å². The third kappa shape index (κ3) is 2.92. The van der Waals surface area contributed by atoms with E-state index < -0.39 is 0 Å². The van der Waals surface area contributed by atoms with Gasteiger partial charge in [0.25, 0.3) is 5.91 Å². The van der Waals surface area contributed by atoms with Crippen LogP contribution < -0.4 is 11.1 Å². The van der Waals surface area contributed by atoms with E-state index in [-0.39, 0.29) is 11.1 Å². The fourth-order valence-electron chi connectivity index (χ4n) is 1.27. The molecule has 17 heavy (non-hydrogen) atoms. The molecule has 1 aromatic heterocycles. The zero-order chi connectivity index (χ0) is 12.3. The Balaban J connectivity index is 2.17. The summed E-state index contributed by atoms with van der Waals surface area (Å²) in [5.74, 6) is 0.0458. The van der Waals surface area contributed by atoms with Crippen molar-refractivity contribution in [2.75, 3.05) is 11.1 Å². The number of carbonyl (C=O) groups is 1. The maximum Gasteiger partial charge on any atom is 0.256 e. The lowest BCUT2D eigenvalue weighted by Crippen LogP contribution is -2.13. The van der Waals surface area contributed by atoms with Crippen LogP contribution in [0.2, 0.25) is 5.15 Å². The third-order valence-electron chi connectivity index (χ3n) is 2.02. The summed E-state index contributed by atoms with van der Waals surface area (Å²) in [6.07, 6.45) is 1.28. The fraction of sp³-hybridized carbons (Fsp3) is 0. The van der Waals surface area contributed by atoms with E-state index >= 15 is 0 Å². The molecule has 1 amide bonds. The predicted molar refractivity (Wildman–Crippen MR) is 65.8 cm³/mol. The molecule has 1 aromatic carbocycles. The second kappa shape index (κ2) is 4.80. The summed E-state index contributed by atoms with van der Waals surface area (Å²) in [4.78, 5) is 19.4. The third-order valence-corrected chi connectivity index (χ3v) is 2.23. The Morgan fingerprint density at radius 3 is 2.82 bits per heavy atom. The number of hydrogen-bond acceptors (Lipinski definition) is 4. The average molecular weight is 249 g/mol. The van der Waals surface area contributed by atoms with Crippen molar-refractivity contribution < 1.29 is 4.79 Å². The van der Waals surface area contributed by atoms with Gasteiger partial charge in [0.15, 0.2) is 0 Å². The molecule has 5 nitrogen and oxygen atoms in total. The van der Waals surface area contributed by atoms with Crippen LogP contribution in [-0.4, -0.2) is 15.9 Å². The Morgan fingerprint density at radius 2 is 2.12 bits per heavy atom. The van der Waals surface area contributed by atoms with E-state index in [0.29, 0.717) is 17.1 Å². The molecule has 0 bridgehead atoms. The number of nitrogens with one attached hydrogen (secondary N) is 1. The zero-order valence-electron chi connectivity index (χ0n) is 8.72. The van der Waals surface area contributed by atoms with Crippen LogP contribution in [0.5, 0.6) is 0 Å². The van der Waals surface area contributed by atoms with Gasteiger partial charge >= 0.3 is 0 Å². The van der Waals surface area contributed by atoms with Gasteiger partial charge in [-0.25, -0.2) is 9.97 Å². The highest BCUT2D eigenvalue weighted by Crippen LogP contribution is 2.12. The van der Waals surface area contributed by atoms with Gasteiger partial charge in [-0.2, -0.15) is 0 Å². The zero-order valence-corrected chi connectivity index (χ0v) is 9.48. The van der Waals surface area contributed by atoms with Gasteiger partial charge < -0.3 is 11.1 Å². The van der Waals surface area contributed by atoms with Gasteiger partial charge in [-0.15, -0.1) is 0 Å². The number of carbonyl (C=O) groups excluding carboxylic acids is 1. The molecule has 1 heterocycles. The van der Waals surface area contributed by atoms with Gasteiger partial charge in [0.2, 0.25) is 0 Å². The number of rotatable bonds is 2. The van der Waals surface area contributed by atoms with Crippen LogP contribution in [0.4, 0.5) is 11.5 Å². The van der Waals surface area contributed by atoms with Crippen molar-refractivity contribution in [3.8, 4) is 0 Å². The molecule has 0 fully saturated rings. The number of nitrogens with zero attached hydrogens (tertiary/aromatic N) is 2. The molecule has 0 aliphatic carbocycles. The molecular formula is C11H9ClN4O. The van der Waals surface area contributed by atoms with Crippen LogP contribution in [-0.2, 0) is 0 Å². The monoisotopic (exact) mass is 248 g/mol. The fourth-order valence-corrected chi connectivity index (χ4v) is 1.42. The van der Waals surface area contributed by atoms with Crippen LogP contribution in [0, 0.1) is 0 Å². The van der Waals surface area contributed by atoms with Crippen LogP contribution in [0.15, 0.2) is 36.7 Å². The molecule has 0 unspecified atom stereocenters. The van der Waals surface area contributed by atoms with E-state index in [1.54, 1.807) is 24.3 Å². The molecule has 2 aromatic rings. The lowest BCUT2D eigenvalue weighted by atomic mass is 10.2. The first-order valence-corrected chi connectivity index (χ1v) is 5.17. The van der Waals surface area contributed by atoms with Gasteiger partial charge in [-0.05, 0) is 18.2 Å². The summed E-state index contributed by atoms with van der Waals surface area (Å²) in [6.45, 7) is 0. The highest BCUT2D eigenvalue weighted by molar-refractivity contribution is 6.29. The summed E-state index contributed by atoms with van der Waals surface area (Å²) < 4.78 is 0. The van der Waals surface area contributed by atoms with Crippen LogP contribution in [0.25, 0.3) is 0 Å². The van der Waals surface area contributed by atoms with Gasteiger partial charge in [0, 0.05) is 17.3 Å². The van der Waals surface area contributed by atoms with Gasteiger partial charge in [0.05, 0.1) is 0 Å². The molecule has 0 saturated heterocycles. The lowest BCUT2D eigenvalue weighted by molar-refractivity contribution is 0.102. The van der Waals surface area contributed by atoms with E-state index in [9.17, 15) is 4.79 Å². The lowest BCUT2D eigenvalue weighted by Gasteiger charge is -2.04. The molecule has 6 heteroatoms. The van der Waals surface area contributed by atoms with Gasteiger partial charge in [-0.1, -0.05) is 17.7 Å². The predicted octanol–water partition coefficient (Wildman–Crippen LogP) is 1.96. The minimum Gasteiger partial charge on any atom is -0.399 e. The number of nitrogen functional groups attached to an aromatic ring is 1. The van der Waals surface area contributed by atoms with Crippen molar-refractivity contribution in [1.29, 1.82) is 0 Å². The Hall–Kier alpha value is -2.14. The van der Waals surface area contributed by atoms with E-state index in [2.05, 4.69) is 15.3 Å². The molecule has 0 radical (unpaired) electrons. The number of anilines is 2. The van der Waals surface area contributed by atoms with Crippen molar-refractivity contribution in [2.45, 2.75) is 0 Å². The number of amides is 1. The molecule has 0 atom stereocenters. The normalized spacial score (nSPS) is 9.94. The summed E-state index contributed by atoms with van der Waals surface area (Å²) in [5, 5.41) is 2.86. The summed E-state index contributed by atoms with van der Waals surface area (Å²) in [7, 11) is 0. The molecule has 0 spiro atoms. The van der Waals surface area contributed by atoms with Gasteiger partial charge in [0.1, 0.15) is 17.3 Å². The highest BCUT2D eigenvalue weighted by atomic mass is 35.5. The number of benzene rings is 1. The number of hydrogen-bond donors (Lipinski definition) is 2. The largest absolute Gasteiger partial charge is 0.399 e. The summed E-state index contributed by atoms with van der Waals surface area (Å²) in [5.41, 5.74) is 6.57. The maximum atomic E-state index is 11.8. The highest BCUT2D eigenvalue weighted by Gasteiger charge is 2.07. The Bertz CT molecular complexity index is 559. The van der Waals surface area contributed by atoms with Crippen molar-refractivity contribution in [1.82, 2.24) is 9.97 Å². The second-order valence-electron chi connectivity index (χ2n) is 3.31. The number of aromatic nitrogens is 2. The number of halogens is 1. The van der Waals surface area contributed by atoms with Crippen molar-refractivity contribution >= 4 is 29.0 Å². The molecular weight excluding hydrogens is 240 g/mol. The van der Waals surface area contributed by atoms with E-state index in [4.69, 9.17) is 17.3 Å². The Kier molecular flexibility index (Phi) is 3.20. The molecule has 0 saturated carbocycles. The van der Waals surface area contributed by atoms with E-state index in [0.717, 1.165) is 0 Å².